The largest absolute Gasteiger partial charge is 0.457 e. The molecule has 0 spiro atoms. The van der Waals surface area contributed by atoms with Gasteiger partial charge in [-0.15, -0.1) is 0 Å². The van der Waals surface area contributed by atoms with E-state index in [2.05, 4.69) is 5.32 Å². The van der Waals surface area contributed by atoms with Gasteiger partial charge in [0.1, 0.15) is 11.5 Å². The van der Waals surface area contributed by atoms with Gasteiger partial charge in [-0.05, 0) is 36.4 Å². The highest BCUT2D eigenvalue weighted by molar-refractivity contribution is 6.12. The number of carbonyl (C=O) groups excluding carboxylic acids is 2. The van der Waals surface area contributed by atoms with E-state index in [1.54, 1.807) is 6.07 Å². The topological polar surface area (TPSA) is 79.2 Å². The highest BCUT2D eigenvalue weighted by atomic mass is 19.2. The molecule has 0 bridgehead atoms. The summed E-state index contributed by atoms with van der Waals surface area (Å²) in [7, 11) is 1.33. The fourth-order valence-corrected chi connectivity index (χ4v) is 1.91. The molecule has 0 heterocycles. The molecule has 0 aliphatic carbocycles. The van der Waals surface area contributed by atoms with Crippen LogP contribution in [0.3, 0.4) is 0 Å². The number of halogens is 2. The van der Waals surface area contributed by atoms with Crippen molar-refractivity contribution in [3.05, 3.63) is 59.7 Å². The van der Waals surface area contributed by atoms with E-state index >= 15 is 0 Å². The van der Waals surface area contributed by atoms with Crippen molar-refractivity contribution >= 4 is 11.7 Å². The Morgan fingerprint density at radius 1 is 1.08 bits per heavy atom. The van der Waals surface area contributed by atoms with E-state index in [4.69, 9.17) is 10.00 Å². The number of hydrogen-bond acceptors (Lipinski definition) is 4. The Kier molecular flexibility index (Phi) is 5.22. The van der Waals surface area contributed by atoms with E-state index in [1.165, 1.54) is 37.4 Å². The molecule has 1 N–H and O–H groups in total. The number of nitrogens with zero attached hydrogens (tertiary/aromatic N) is 1. The van der Waals surface area contributed by atoms with Gasteiger partial charge >= 0.3 is 0 Å². The van der Waals surface area contributed by atoms with Crippen molar-refractivity contribution < 1.29 is 23.1 Å². The van der Waals surface area contributed by atoms with E-state index in [0.29, 0.717) is 0 Å². The molecule has 1 atom stereocenters. The molecule has 2 rings (SSSR count). The lowest BCUT2D eigenvalue weighted by molar-refractivity contribution is -0.121. The molecule has 2 aromatic carbocycles. The number of carbonyl (C=O) groups is 2. The highest BCUT2D eigenvalue weighted by Gasteiger charge is 2.26. The second kappa shape index (κ2) is 7.33. The smallest absolute Gasteiger partial charge is 0.245 e. The van der Waals surface area contributed by atoms with E-state index in [0.717, 1.165) is 12.1 Å². The van der Waals surface area contributed by atoms with Crippen LogP contribution in [0.2, 0.25) is 0 Å². The SMILES string of the molecule is CNC(=O)[C@@H](C#N)C(=O)c1ccc(Oc2ccc(F)c(F)c2)cc1. The normalized spacial score (nSPS) is 11.2. The fourth-order valence-electron chi connectivity index (χ4n) is 1.91. The number of rotatable bonds is 5. The van der Waals surface area contributed by atoms with E-state index in [-0.39, 0.29) is 17.1 Å². The Labute approximate surface area is 136 Å². The molecule has 5 nitrogen and oxygen atoms in total. The average molecular weight is 330 g/mol. The molecule has 0 radical (unpaired) electrons. The monoisotopic (exact) mass is 330 g/mol. The van der Waals surface area contributed by atoms with E-state index in [9.17, 15) is 18.4 Å². The van der Waals surface area contributed by atoms with Gasteiger partial charge in [0.25, 0.3) is 0 Å². The molecule has 0 fully saturated rings. The summed E-state index contributed by atoms with van der Waals surface area (Å²) in [5.74, 6) is -4.42. The van der Waals surface area contributed by atoms with E-state index < -0.39 is 29.2 Å². The van der Waals surface area contributed by atoms with E-state index in [1.807, 2.05) is 0 Å². The van der Waals surface area contributed by atoms with Crippen LogP contribution in [0.1, 0.15) is 10.4 Å². The van der Waals surface area contributed by atoms with Crippen molar-refractivity contribution in [2.24, 2.45) is 5.92 Å². The van der Waals surface area contributed by atoms with Gasteiger partial charge in [-0.25, -0.2) is 8.78 Å². The molecule has 0 unspecified atom stereocenters. The number of nitriles is 1. The van der Waals surface area contributed by atoms with Crippen LogP contribution in [0.5, 0.6) is 11.5 Å². The van der Waals surface area contributed by atoms with Gasteiger partial charge in [0.2, 0.25) is 5.91 Å². The van der Waals surface area contributed by atoms with Crippen molar-refractivity contribution in [2.45, 2.75) is 0 Å². The summed E-state index contributed by atoms with van der Waals surface area (Å²) in [6.07, 6.45) is 0. The first-order valence-corrected chi connectivity index (χ1v) is 6.84. The molecule has 0 saturated carbocycles. The number of ketones is 1. The number of ether oxygens (including phenoxy) is 1. The van der Waals surface area contributed by atoms with Crippen LogP contribution in [-0.4, -0.2) is 18.7 Å². The summed E-state index contributed by atoms with van der Waals surface area (Å²) in [6.45, 7) is 0. The lowest BCUT2D eigenvalue weighted by atomic mass is 9.98. The molecule has 0 aromatic heterocycles. The number of hydrogen-bond donors (Lipinski definition) is 1. The number of amides is 1. The second-order valence-electron chi connectivity index (χ2n) is 4.74. The Morgan fingerprint density at radius 3 is 2.25 bits per heavy atom. The molecule has 24 heavy (non-hydrogen) atoms. The predicted molar refractivity (Wildman–Crippen MR) is 80.4 cm³/mol. The molecule has 2 aromatic rings. The third-order valence-electron chi connectivity index (χ3n) is 3.17. The Balaban J connectivity index is 2.15. The van der Waals surface area contributed by atoms with Crippen LogP contribution in [0.4, 0.5) is 8.78 Å². The maximum atomic E-state index is 13.1. The minimum atomic E-state index is -1.44. The minimum absolute atomic E-state index is 0.0910. The van der Waals surface area contributed by atoms with Gasteiger partial charge < -0.3 is 10.1 Å². The van der Waals surface area contributed by atoms with Crippen molar-refractivity contribution in [1.82, 2.24) is 5.32 Å². The van der Waals surface area contributed by atoms with Crippen LogP contribution in [0.25, 0.3) is 0 Å². The summed E-state index contributed by atoms with van der Waals surface area (Å²) in [4.78, 5) is 23.6. The zero-order valence-electron chi connectivity index (χ0n) is 12.5. The third-order valence-corrected chi connectivity index (χ3v) is 3.17. The summed E-state index contributed by atoms with van der Waals surface area (Å²) in [5, 5.41) is 11.2. The molecule has 0 aliphatic heterocycles. The maximum absolute atomic E-state index is 13.1. The van der Waals surface area contributed by atoms with Crippen molar-refractivity contribution in [2.75, 3.05) is 7.05 Å². The predicted octanol–water partition coefficient (Wildman–Crippen LogP) is 2.83. The van der Waals surface area contributed by atoms with Gasteiger partial charge in [0, 0.05) is 18.7 Å². The van der Waals surface area contributed by atoms with Crippen LogP contribution in [0, 0.1) is 28.9 Å². The maximum Gasteiger partial charge on any atom is 0.245 e. The molecule has 122 valence electrons. The van der Waals surface area contributed by atoms with Crippen LogP contribution < -0.4 is 10.1 Å². The number of nitrogens with one attached hydrogen (secondary N) is 1. The third kappa shape index (κ3) is 3.73. The fraction of sp³-hybridized carbons (Fsp3) is 0.118. The van der Waals surface area contributed by atoms with Gasteiger partial charge in [0.15, 0.2) is 23.3 Å². The van der Waals surface area contributed by atoms with Crippen LogP contribution in [0.15, 0.2) is 42.5 Å². The Morgan fingerprint density at radius 2 is 1.71 bits per heavy atom. The summed E-state index contributed by atoms with van der Waals surface area (Å²) >= 11 is 0. The quantitative estimate of drug-likeness (QED) is 0.675. The van der Waals surface area contributed by atoms with Crippen molar-refractivity contribution in [3.63, 3.8) is 0 Å². The molecule has 0 saturated heterocycles. The standard InChI is InChI=1S/C17H12F2N2O3/c1-21-17(23)13(9-20)16(22)10-2-4-11(5-3-10)24-12-6-7-14(18)15(19)8-12/h2-8,13H,1H3,(H,21,23)/t13-/m0/s1. The molecule has 0 aliphatic rings. The summed E-state index contributed by atoms with van der Waals surface area (Å²) in [6, 6.07) is 10.3. The van der Waals surface area contributed by atoms with Crippen LogP contribution in [-0.2, 0) is 4.79 Å². The van der Waals surface area contributed by atoms with Crippen molar-refractivity contribution in [3.8, 4) is 17.6 Å². The highest BCUT2D eigenvalue weighted by Crippen LogP contribution is 2.24. The lowest BCUT2D eigenvalue weighted by Gasteiger charge is -2.09. The minimum Gasteiger partial charge on any atom is -0.457 e. The lowest BCUT2D eigenvalue weighted by Crippen LogP contribution is -2.32. The molecular formula is C17H12F2N2O3. The first kappa shape index (κ1) is 17.1. The van der Waals surface area contributed by atoms with Crippen molar-refractivity contribution in [1.29, 1.82) is 5.26 Å². The van der Waals surface area contributed by atoms with Gasteiger partial charge in [-0.2, -0.15) is 5.26 Å². The molecular weight excluding hydrogens is 318 g/mol. The zero-order chi connectivity index (χ0) is 17.7. The first-order valence-electron chi connectivity index (χ1n) is 6.84. The Hall–Kier alpha value is -3.27. The van der Waals surface area contributed by atoms with Crippen LogP contribution >= 0.6 is 0 Å². The zero-order valence-corrected chi connectivity index (χ0v) is 12.5. The summed E-state index contributed by atoms with van der Waals surface area (Å²) in [5.41, 5.74) is 0.155. The molecule has 1 amide bonds. The Bertz CT molecular complexity index is 814. The molecule has 7 heteroatoms. The average Bonchev–Trinajstić information content (AvgIpc) is 2.59. The van der Waals surface area contributed by atoms with Gasteiger partial charge in [-0.1, -0.05) is 0 Å². The summed E-state index contributed by atoms with van der Waals surface area (Å²) < 4.78 is 31.3. The first-order chi connectivity index (χ1) is 11.5. The number of Topliss-reactive ketones (excluding diaryl/α,β-unsaturated/α-hetero) is 1. The van der Waals surface area contributed by atoms with Gasteiger partial charge in [-0.3, -0.25) is 9.59 Å². The van der Waals surface area contributed by atoms with Gasteiger partial charge in [0.05, 0.1) is 6.07 Å². The second-order valence-corrected chi connectivity index (χ2v) is 4.74. The number of benzene rings is 2.